The van der Waals surface area contributed by atoms with Crippen LogP contribution in [0.15, 0.2) is 6.20 Å². The van der Waals surface area contributed by atoms with Gasteiger partial charge in [-0.3, -0.25) is 4.68 Å². The van der Waals surface area contributed by atoms with Crippen molar-refractivity contribution >= 4 is 0 Å². The van der Waals surface area contributed by atoms with Crippen molar-refractivity contribution in [1.29, 1.82) is 0 Å². The van der Waals surface area contributed by atoms with E-state index in [1.165, 1.54) is 0 Å². The number of ether oxygens (including phenoxy) is 2. The predicted octanol–water partition coefficient (Wildman–Crippen LogP) is 2.62. The van der Waals surface area contributed by atoms with Crippen molar-refractivity contribution in [3.8, 4) is 5.75 Å². The molecule has 5 atom stereocenters. The molecule has 1 aromatic rings. The second-order valence-corrected chi connectivity index (χ2v) is 6.07. The van der Waals surface area contributed by atoms with Gasteiger partial charge in [0.15, 0.2) is 5.75 Å². The first-order chi connectivity index (χ1) is 10.0. The molecule has 0 saturated carbocycles. The highest BCUT2D eigenvalue weighted by Crippen LogP contribution is 2.42. The molecule has 0 bridgehead atoms. The number of hydrogen-bond acceptors (Lipinski definition) is 4. The first-order valence-electron chi connectivity index (χ1n) is 7.97. The number of rotatable bonds is 6. The Kier molecular flexibility index (Phi) is 5.27. The van der Waals surface area contributed by atoms with Gasteiger partial charge in [0, 0.05) is 12.5 Å². The Hall–Kier alpha value is -1.07. The van der Waals surface area contributed by atoms with Gasteiger partial charge >= 0.3 is 0 Å². The number of nitrogens with zero attached hydrogens (tertiary/aromatic N) is 2. The molecule has 120 valence electrons. The van der Waals surface area contributed by atoms with Crippen LogP contribution in [0.5, 0.6) is 5.75 Å². The Bertz CT molecular complexity index is 460. The van der Waals surface area contributed by atoms with E-state index in [1.807, 2.05) is 13.2 Å². The minimum atomic E-state index is 0.184. The Morgan fingerprint density at radius 1 is 1.38 bits per heavy atom. The summed E-state index contributed by atoms with van der Waals surface area (Å²) < 4.78 is 13.6. The highest BCUT2D eigenvalue weighted by Gasteiger charge is 2.43. The van der Waals surface area contributed by atoms with E-state index in [-0.39, 0.29) is 18.2 Å². The molecule has 1 fully saturated rings. The zero-order chi connectivity index (χ0) is 15.6. The normalized spacial score (nSPS) is 30.6. The van der Waals surface area contributed by atoms with Gasteiger partial charge in [-0.1, -0.05) is 13.8 Å². The minimum absolute atomic E-state index is 0.184. The van der Waals surface area contributed by atoms with E-state index in [0.717, 1.165) is 24.4 Å². The molecule has 1 aliphatic heterocycles. The molecule has 5 heteroatoms. The number of methoxy groups -OCH3 is 1. The van der Waals surface area contributed by atoms with Crippen LogP contribution >= 0.6 is 0 Å². The van der Waals surface area contributed by atoms with Crippen molar-refractivity contribution in [3.63, 3.8) is 0 Å². The fourth-order valence-corrected chi connectivity index (χ4v) is 3.62. The second-order valence-electron chi connectivity index (χ2n) is 6.07. The molecular weight excluding hydrogens is 266 g/mol. The lowest BCUT2D eigenvalue weighted by molar-refractivity contribution is 0.0473. The standard InChI is InChI=1S/C16H29N3O2/c1-7-8-19-16(13(20-6)9-18-19)15(17-5)14-10(2)11(3)21-12(14)4/h9-12,14-15,17H,7-8H2,1-6H3. The van der Waals surface area contributed by atoms with Gasteiger partial charge in [-0.25, -0.2) is 0 Å². The number of aromatic nitrogens is 2. The average Bonchev–Trinajstić information content (AvgIpc) is 2.96. The summed E-state index contributed by atoms with van der Waals surface area (Å²) in [5.74, 6) is 1.76. The van der Waals surface area contributed by atoms with Crippen LogP contribution in [0.2, 0.25) is 0 Å². The van der Waals surface area contributed by atoms with Gasteiger partial charge in [-0.05, 0) is 33.2 Å². The molecule has 2 heterocycles. The third kappa shape index (κ3) is 2.94. The molecule has 21 heavy (non-hydrogen) atoms. The molecule has 0 spiro atoms. The van der Waals surface area contributed by atoms with Crippen LogP contribution in [-0.4, -0.2) is 36.1 Å². The van der Waals surface area contributed by atoms with Crippen LogP contribution in [-0.2, 0) is 11.3 Å². The first kappa shape index (κ1) is 16.3. The maximum atomic E-state index is 6.03. The van der Waals surface area contributed by atoms with Crippen molar-refractivity contribution in [2.45, 2.75) is 58.9 Å². The van der Waals surface area contributed by atoms with Gasteiger partial charge < -0.3 is 14.8 Å². The Morgan fingerprint density at radius 2 is 2.10 bits per heavy atom. The molecule has 0 aliphatic carbocycles. The lowest BCUT2D eigenvalue weighted by Gasteiger charge is -2.29. The lowest BCUT2D eigenvalue weighted by atomic mass is 9.82. The van der Waals surface area contributed by atoms with Crippen molar-refractivity contribution in [2.24, 2.45) is 11.8 Å². The highest BCUT2D eigenvalue weighted by molar-refractivity contribution is 5.29. The maximum absolute atomic E-state index is 6.03. The van der Waals surface area contributed by atoms with Crippen LogP contribution in [0, 0.1) is 11.8 Å². The van der Waals surface area contributed by atoms with Crippen molar-refractivity contribution in [3.05, 3.63) is 11.9 Å². The third-order valence-corrected chi connectivity index (χ3v) is 4.81. The molecule has 1 N–H and O–H groups in total. The fourth-order valence-electron chi connectivity index (χ4n) is 3.62. The Balaban J connectivity index is 2.39. The van der Waals surface area contributed by atoms with Crippen LogP contribution < -0.4 is 10.1 Å². The van der Waals surface area contributed by atoms with E-state index in [2.05, 4.69) is 42.8 Å². The summed E-state index contributed by atoms with van der Waals surface area (Å²) in [4.78, 5) is 0. The summed E-state index contributed by atoms with van der Waals surface area (Å²) in [7, 11) is 3.72. The summed E-state index contributed by atoms with van der Waals surface area (Å²) in [5.41, 5.74) is 1.14. The largest absolute Gasteiger partial charge is 0.493 e. The van der Waals surface area contributed by atoms with E-state index in [1.54, 1.807) is 7.11 Å². The van der Waals surface area contributed by atoms with E-state index < -0.39 is 0 Å². The highest BCUT2D eigenvalue weighted by atomic mass is 16.5. The first-order valence-corrected chi connectivity index (χ1v) is 7.97. The fraction of sp³-hybridized carbons (Fsp3) is 0.812. The lowest BCUT2D eigenvalue weighted by Crippen LogP contribution is -2.35. The molecule has 2 rings (SSSR count). The van der Waals surface area contributed by atoms with Crippen molar-refractivity contribution < 1.29 is 9.47 Å². The molecule has 1 aliphatic rings. The number of nitrogens with one attached hydrogen (secondary N) is 1. The smallest absolute Gasteiger partial charge is 0.161 e. The van der Waals surface area contributed by atoms with Gasteiger partial charge in [0.25, 0.3) is 0 Å². The average molecular weight is 295 g/mol. The Morgan fingerprint density at radius 3 is 2.57 bits per heavy atom. The SMILES string of the molecule is CCCn1ncc(OC)c1C(NC)C1C(C)OC(C)C1C. The molecule has 0 radical (unpaired) electrons. The quantitative estimate of drug-likeness (QED) is 0.876. The van der Waals surface area contributed by atoms with Gasteiger partial charge in [0.05, 0.1) is 37.3 Å². The molecule has 1 aromatic heterocycles. The molecule has 5 unspecified atom stereocenters. The molecule has 1 saturated heterocycles. The van der Waals surface area contributed by atoms with Crippen LogP contribution in [0.3, 0.4) is 0 Å². The summed E-state index contributed by atoms with van der Waals surface area (Å²) in [6.07, 6.45) is 3.39. The third-order valence-electron chi connectivity index (χ3n) is 4.81. The zero-order valence-electron chi connectivity index (χ0n) is 14.1. The monoisotopic (exact) mass is 295 g/mol. The number of aryl methyl sites for hydroxylation is 1. The molecule has 0 amide bonds. The summed E-state index contributed by atoms with van der Waals surface area (Å²) in [6, 6.07) is 0.184. The number of hydrogen-bond donors (Lipinski definition) is 1. The zero-order valence-corrected chi connectivity index (χ0v) is 14.1. The van der Waals surface area contributed by atoms with Crippen LogP contribution in [0.1, 0.15) is 45.9 Å². The maximum Gasteiger partial charge on any atom is 0.161 e. The molecule has 0 aromatic carbocycles. The molecular formula is C16H29N3O2. The van der Waals surface area contributed by atoms with Crippen molar-refractivity contribution in [2.75, 3.05) is 14.2 Å². The molecule has 5 nitrogen and oxygen atoms in total. The van der Waals surface area contributed by atoms with E-state index >= 15 is 0 Å². The van der Waals surface area contributed by atoms with E-state index in [4.69, 9.17) is 9.47 Å². The second kappa shape index (κ2) is 6.79. The topological polar surface area (TPSA) is 48.3 Å². The summed E-state index contributed by atoms with van der Waals surface area (Å²) in [6.45, 7) is 9.67. The van der Waals surface area contributed by atoms with E-state index in [9.17, 15) is 0 Å². The summed E-state index contributed by atoms with van der Waals surface area (Å²) >= 11 is 0. The summed E-state index contributed by atoms with van der Waals surface area (Å²) in [5, 5.41) is 7.98. The Labute approximate surface area is 128 Å². The van der Waals surface area contributed by atoms with E-state index in [0.29, 0.717) is 11.8 Å². The minimum Gasteiger partial charge on any atom is -0.493 e. The van der Waals surface area contributed by atoms with Gasteiger partial charge in [0.1, 0.15) is 0 Å². The predicted molar refractivity (Wildman–Crippen MR) is 83.5 cm³/mol. The van der Waals surface area contributed by atoms with Crippen LogP contribution in [0.4, 0.5) is 0 Å². The van der Waals surface area contributed by atoms with Gasteiger partial charge in [0.2, 0.25) is 0 Å². The van der Waals surface area contributed by atoms with Crippen molar-refractivity contribution in [1.82, 2.24) is 15.1 Å². The van der Waals surface area contributed by atoms with Gasteiger partial charge in [-0.15, -0.1) is 0 Å². The van der Waals surface area contributed by atoms with Crippen LogP contribution in [0.25, 0.3) is 0 Å². The van der Waals surface area contributed by atoms with Gasteiger partial charge in [-0.2, -0.15) is 5.10 Å².